The Morgan fingerprint density at radius 1 is 1.47 bits per heavy atom. The van der Waals surface area contributed by atoms with Gasteiger partial charge in [-0.15, -0.1) is 0 Å². The lowest BCUT2D eigenvalue weighted by Crippen LogP contribution is -2.33. The van der Waals surface area contributed by atoms with E-state index in [-0.39, 0.29) is 25.0 Å². The van der Waals surface area contributed by atoms with Gasteiger partial charge in [-0.2, -0.15) is 13.5 Å². The first-order valence-electron chi connectivity index (χ1n) is 5.22. The summed E-state index contributed by atoms with van der Waals surface area (Å²) in [7, 11) is 0. The van der Waals surface area contributed by atoms with Crippen LogP contribution in [-0.4, -0.2) is 55.7 Å². The second-order valence-corrected chi connectivity index (χ2v) is 3.98. The van der Waals surface area contributed by atoms with Crippen molar-refractivity contribution in [1.29, 1.82) is 0 Å². The fraction of sp³-hybridized carbons (Fsp3) is 0.556. The fourth-order valence-electron chi connectivity index (χ4n) is 1.87. The largest absolute Gasteiger partial charge is 0.394 e. The van der Waals surface area contributed by atoms with Crippen LogP contribution in [0.15, 0.2) is 6.33 Å². The van der Waals surface area contributed by atoms with E-state index in [2.05, 4.69) is 4.98 Å². The van der Waals surface area contributed by atoms with Gasteiger partial charge in [0.25, 0.3) is 5.91 Å². The van der Waals surface area contributed by atoms with Gasteiger partial charge < -0.3 is 31.5 Å². The maximum atomic E-state index is 11.0. The molecule has 108 valence electrons. The normalized spacial score (nSPS) is 30.1. The van der Waals surface area contributed by atoms with Crippen LogP contribution in [0.4, 0.5) is 5.82 Å². The minimum Gasteiger partial charge on any atom is -0.394 e. The molecule has 4 atom stereocenters. The quantitative estimate of drug-likeness (QED) is 0.405. The highest BCUT2D eigenvalue weighted by Crippen LogP contribution is 2.31. The standard InChI is InChI=1S/C9H14N4O5.H2S/c10-7-4(8(11)17)12-2-13(7)9-6(16)5(15)3(1-14)18-9;/h2-3,5-6,9,14-16H,1,10H2,(H2,11,17);1H2/t3-,5-,6-,9-;/m1./s1. The summed E-state index contributed by atoms with van der Waals surface area (Å²) in [5.74, 6) is -0.879. The molecular weight excluding hydrogens is 276 g/mol. The average Bonchev–Trinajstić information content (AvgIpc) is 2.82. The van der Waals surface area contributed by atoms with Crippen molar-refractivity contribution < 1.29 is 24.9 Å². The molecule has 1 amide bonds. The minimum atomic E-state index is -1.29. The third kappa shape index (κ3) is 2.53. The molecule has 7 N–H and O–H groups in total. The van der Waals surface area contributed by atoms with E-state index >= 15 is 0 Å². The molecule has 1 saturated heterocycles. The third-order valence-electron chi connectivity index (χ3n) is 2.86. The Hall–Kier alpha value is -1.33. The fourth-order valence-corrected chi connectivity index (χ4v) is 1.87. The summed E-state index contributed by atoms with van der Waals surface area (Å²) in [5, 5.41) is 28.3. The Balaban J connectivity index is 0.00000180. The third-order valence-corrected chi connectivity index (χ3v) is 2.86. The number of carbonyl (C=O) groups excluding carboxylic acids is 1. The van der Waals surface area contributed by atoms with E-state index in [0.717, 1.165) is 0 Å². The van der Waals surface area contributed by atoms with Gasteiger partial charge in [-0.1, -0.05) is 0 Å². The van der Waals surface area contributed by atoms with E-state index in [9.17, 15) is 15.0 Å². The second kappa shape index (κ2) is 5.75. The van der Waals surface area contributed by atoms with Crippen LogP contribution in [0.3, 0.4) is 0 Å². The van der Waals surface area contributed by atoms with Crippen molar-refractivity contribution >= 4 is 25.2 Å². The van der Waals surface area contributed by atoms with E-state index in [0.29, 0.717) is 0 Å². The molecule has 0 radical (unpaired) electrons. The zero-order valence-electron chi connectivity index (χ0n) is 9.80. The molecule has 1 aliphatic heterocycles. The lowest BCUT2D eigenvalue weighted by Gasteiger charge is -2.17. The Labute approximate surface area is 115 Å². The zero-order chi connectivity index (χ0) is 13.4. The van der Waals surface area contributed by atoms with Gasteiger partial charge in [0.05, 0.1) is 12.9 Å². The van der Waals surface area contributed by atoms with Crippen LogP contribution >= 0.6 is 13.5 Å². The molecule has 1 aromatic rings. The number of ether oxygens (including phenoxy) is 1. The van der Waals surface area contributed by atoms with Crippen molar-refractivity contribution in [2.24, 2.45) is 5.73 Å². The minimum absolute atomic E-state index is 0. The van der Waals surface area contributed by atoms with E-state index in [1.54, 1.807) is 0 Å². The SMILES string of the molecule is NC(=O)c1ncn([C@@H]2O[C@H](CO)[C@@H](O)[C@H]2O)c1N.S. The lowest BCUT2D eigenvalue weighted by molar-refractivity contribution is -0.0518. The number of nitrogen functional groups attached to an aromatic ring is 1. The summed E-state index contributed by atoms with van der Waals surface area (Å²) in [5.41, 5.74) is 10.6. The average molecular weight is 292 g/mol. The van der Waals surface area contributed by atoms with E-state index in [1.807, 2.05) is 0 Å². The molecule has 1 aliphatic rings. The van der Waals surface area contributed by atoms with Crippen molar-refractivity contribution in [2.75, 3.05) is 12.3 Å². The van der Waals surface area contributed by atoms with Gasteiger partial charge >= 0.3 is 0 Å². The summed E-state index contributed by atoms with van der Waals surface area (Å²) in [4.78, 5) is 14.7. The van der Waals surface area contributed by atoms with Crippen molar-refractivity contribution in [2.45, 2.75) is 24.5 Å². The number of imidazole rings is 1. The summed E-state index contributed by atoms with van der Waals surface area (Å²) in [6, 6.07) is 0. The Bertz CT molecular complexity index is 467. The number of aromatic nitrogens is 2. The first-order chi connectivity index (χ1) is 8.47. The van der Waals surface area contributed by atoms with Crippen molar-refractivity contribution in [3.63, 3.8) is 0 Å². The molecule has 2 rings (SSSR count). The molecule has 1 aromatic heterocycles. The van der Waals surface area contributed by atoms with Crippen LogP contribution < -0.4 is 11.5 Å². The first kappa shape index (κ1) is 15.7. The smallest absolute Gasteiger partial charge is 0.271 e. The molecule has 19 heavy (non-hydrogen) atoms. The number of aliphatic hydroxyl groups excluding tert-OH is 3. The van der Waals surface area contributed by atoms with Gasteiger partial charge in [0.2, 0.25) is 0 Å². The summed E-state index contributed by atoms with van der Waals surface area (Å²) in [6.45, 7) is -0.452. The number of rotatable bonds is 3. The van der Waals surface area contributed by atoms with Crippen LogP contribution in [-0.2, 0) is 4.74 Å². The maximum absolute atomic E-state index is 11.0. The number of hydrogen-bond acceptors (Lipinski definition) is 7. The Morgan fingerprint density at radius 2 is 2.11 bits per heavy atom. The number of amides is 1. The van der Waals surface area contributed by atoms with Crippen LogP contribution in [0.25, 0.3) is 0 Å². The topological polar surface area (TPSA) is 157 Å². The number of primary amides is 1. The Morgan fingerprint density at radius 3 is 2.53 bits per heavy atom. The predicted molar refractivity (Wildman–Crippen MR) is 68.5 cm³/mol. The van der Waals surface area contributed by atoms with Gasteiger partial charge in [0, 0.05) is 0 Å². The zero-order valence-corrected chi connectivity index (χ0v) is 10.8. The molecule has 0 bridgehead atoms. The predicted octanol–water partition coefficient (Wildman–Crippen LogP) is -2.71. The van der Waals surface area contributed by atoms with Crippen LogP contribution in [0.5, 0.6) is 0 Å². The number of nitrogens with zero attached hydrogens (tertiary/aromatic N) is 2. The molecule has 2 heterocycles. The number of aliphatic hydroxyl groups is 3. The number of hydrogen-bond donors (Lipinski definition) is 5. The van der Waals surface area contributed by atoms with Gasteiger partial charge in [-0.25, -0.2) is 4.98 Å². The van der Waals surface area contributed by atoms with E-state index in [4.69, 9.17) is 21.3 Å². The molecule has 0 spiro atoms. The van der Waals surface area contributed by atoms with Crippen LogP contribution in [0.1, 0.15) is 16.7 Å². The van der Waals surface area contributed by atoms with Crippen LogP contribution in [0.2, 0.25) is 0 Å². The highest BCUT2D eigenvalue weighted by Gasteiger charge is 2.44. The molecule has 0 saturated carbocycles. The number of nitrogens with two attached hydrogens (primary N) is 2. The molecule has 1 fully saturated rings. The molecule has 10 heteroatoms. The highest BCUT2D eigenvalue weighted by molar-refractivity contribution is 7.59. The maximum Gasteiger partial charge on any atom is 0.271 e. The molecule has 0 aromatic carbocycles. The van der Waals surface area contributed by atoms with Gasteiger partial charge in [-0.3, -0.25) is 9.36 Å². The van der Waals surface area contributed by atoms with E-state index in [1.165, 1.54) is 10.9 Å². The van der Waals surface area contributed by atoms with Gasteiger partial charge in [0.1, 0.15) is 24.1 Å². The van der Waals surface area contributed by atoms with Gasteiger partial charge in [0.15, 0.2) is 11.9 Å². The number of anilines is 1. The first-order valence-corrected chi connectivity index (χ1v) is 5.22. The van der Waals surface area contributed by atoms with Gasteiger partial charge in [-0.05, 0) is 0 Å². The monoisotopic (exact) mass is 292 g/mol. The number of carbonyl (C=O) groups is 1. The molecule has 9 nitrogen and oxygen atoms in total. The summed E-state index contributed by atoms with van der Waals surface area (Å²) in [6.07, 6.45) is -3.32. The molecule has 0 aliphatic carbocycles. The summed E-state index contributed by atoms with van der Waals surface area (Å²) < 4.78 is 6.42. The Kier molecular flexibility index (Phi) is 4.76. The molecule has 0 unspecified atom stereocenters. The second-order valence-electron chi connectivity index (χ2n) is 3.98. The van der Waals surface area contributed by atoms with Crippen molar-refractivity contribution in [3.05, 3.63) is 12.0 Å². The van der Waals surface area contributed by atoms with Crippen molar-refractivity contribution in [1.82, 2.24) is 9.55 Å². The summed E-state index contributed by atoms with van der Waals surface area (Å²) >= 11 is 0. The highest BCUT2D eigenvalue weighted by atomic mass is 32.1. The van der Waals surface area contributed by atoms with Crippen LogP contribution in [0, 0.1) is 0 Å². The molecular formula is C9H16N4O5S. The lowest BCUT2D eigenvalue weighted by atomic mass is 10.1. The van der Waals surface area contributed by atoms with E-state index < -0.39 is 37.1 Å². The van der Waals surface area contributed by atoms with Crippen molar-refractivity contribution in [3.8, 4) is 0 Å².